The predicted octanol–water partition coefficient (Wildman–Crippen LogP) is 3.41. The van der Waals surface area contributed by atoms with Gasteiger partial charge in [-0.2, -0.15) is 0 Å². The molecular weight excluding hydrogens is 314 g/mol. The smallest absolute Gasteiger partial charge is 0.326 e. The highest BCUT2D eigenvalue weighted by atomic mass is 16.4. The SMILES string of the molecule is O=C(CC12CC3CC(CC(C3)C1)C2)N[C@H](Cc1ccccc1)C(=O)O. The summed E-state index contributed by atoms with van der Waals surface area (Å²) < 4.78 is 0. The topological polar surface area (TPSA) is 66.4 Å². The molecule has 0 aromatic heterocycles. The van der Waals surface area contributed by atoms with E-state index in [1.807, 2.05) is 30.3 Å². The number of nitrogens with one attached hydrogen (secondary N) is 1. The van der Waals surface area contributed by atoms with Crippen LogP contribution in [0.5, 0.6) is 0 Å². The Morgan fingerprint density at radius 1 is 1.04 bits per heavy atom. The molecule has 0 radical (unpaired) electrons. The minimum Gasteiger partial charge on any atom is -0.480 e. The summed E-state index contributed by atoms with van der Waals surface area (Å²) in [4.78, 5) is 24.2. The highest BCUT2D eigenvalue weighted by molar-refractivity contribution is 5.84. The molecule has 1 aromatic carbocycles. The summed E-state index contributed by atoms with van der Waals surface area (Å²) in [7, 11) is 0. The average molecular weight is 341 g/mol. The third-order valence-electron chi connectivity index (χ3n) is 6.62. The number of amides is 1. The van der Waals surface area contributed by atoms with Gasteiger partial charge in [0.15, 0.2) is 0 Å². The average Bonchev–Trinajstić information content (AvgIpc) is 2.53. The fourth-order valence-corrected chi connectivity index (χ4v) is 6.14. The summed E-state index contributed by atoms with van der Waals surface area (Å²) in [6.07, 6.45) is 8.41. The largest absolute Gasteiger partial charge is 0.480 e. The number of carboxylic acid groups (broad SMARTS) is 1. The van der Waals surface area contributed by atoms with Crippen molar-refractivity contribution < 1.29 is 14.7 Å². The van der Waals surface area contributed by atoms with Crippen molar-refractivity contribution in [1.82, 2.24) is 5.32 Å². The van der Waals surface area contributed by atoms with Crippen molar-refractivity contribution in [2.75, 3.05) is 0 Å². The van der Waals surface area contributed by atoms with Gasteiger partial charge in [-0.15, -0.1) is 0 Å². The molecule has 0 saturated heterocycles. The van der Waals surface area contributed by atoms with Gasteiger partial charge in [-0.1, -0.05) is 30.3 Å². The molecule has 4 nitrogen and oxygen atoms in total. The van der Waals surface area contributed by atoms with Gasteiger partial charge in [-0.05, 0) is 67.3 Å². The van der Waals surface area contributed by atoms with Gasteiger partial charge in [-0.25, -0.2) is 4.79 Å². The first kappa shape index (κ1) is 16.6. The molecular formula is C21H27NO3. The number of carbonyl (C=O) groups is 2. The van der Waals surface area contributed by atoms with Crippen molar-refractivity contribution >= 4 is 11.9 Å². The number of hydrogen-bond donors (Lipinski definition) is 2. The van der Waals surface area contributed by atoms with E-state index in [2.05, 4.69) is 5.32 Å². The standard InChI is InChI=1S/C21H27NO3/c23-19(22-18(20(24)25)9-14-4-2-1-3-5-14)13-21-10-15-6-16(11-21)8-17(7-15)12-21/h1-5,15-18H,6-13H2,(H,22,23)(H,24,25)/t15?,16?,17?,18-,21?/m1/s1. The molecule has 5 rings (SSSR count). The van der Waals surface area contributed by atoms with Gasteiger partial charge >= 0.3 is 5.97 Å². The molecule has 4 aliphatic carbocycles. The minimum absolute atomic E-state index is 0.0784. The fraction of sp³-hybridized carbons (Fsp3) is 0.619. The van der Waals surface area contributed by atoms with Gasteiger partial charge in [0.25, 0.3) is 0 Å². The van der Waals surface area contributed by atoms with Crippen LogP contribution >= 0.6 is 0 Å². The molecule has 1 atom stereocenters. The summed E-state index contributed by atoms with van der Waals surface area (Å²) in [5.74, 6) is 1.38. The Kier molecular flexibility index (Phi) is 4.30. The van der Waals surface area contributed by atoms with Crippen molar-refractivity contribution in [1.29, 1.82) is 0 Å². The number of benzene rings is 1. The normalized spacial score (nSPS) is 33.8. The van der Waals surface area contributed by atoms with E-state index < -0.39 is 12.0 Å². The van der Waals surface area contributed by atoms with E-state index in [4.69, 9.17) is 0 Å². The van der Waals surface area contributed by atoms with Crippen LogP contribution in [-0.2, 0) is 16.0 Å². The van der Waals surface area contributed by atoms with Crippen LogP contribution in [0.4, 0.5) is 0 Å². The Labute approximate surface area is 149 Å². The van der Waals surface area contributed by atoms with Crippen LogP contribution < -0.4 is 5.32 Å². The summed E-state index contributed by atoms with van der Waals surface area (Å²) in [5, 5.41) is 12.3. The second-order valence-electron chi connectivity index (χ2n) is 8.74. The van der Waals surface area contributed by atoms with E-state index in [0.29, 0.717) is 12.8 Å². The molecule has 1 aromatic rings. The lowest BCUT2D eigenvalue weighted by Crippen LogP contribution is -2.50. The third-order valence-corrected chi connectivity index (χ3v) is 6.62. The maximum atomic E-state index is 12.7. The zero-order chi connectivity index (χ0) is 17.4. The predicted molar refractivity (Wildman–Crippen MR) is 94.9 cm³/mol. The van der Waals surface area contributed by atoms with E-state index in [9.17, 15) is 14.7 Å². The Morgan fingerprint density at radius 3 is 2.12 bits per heavy atom. The van der Waals surface area contributed by atoms with Gasteiger partial charge in [0.1, 0.15) is 6.04 Å². The molecule has 4 bridgehead atoms. The molecule has 4 aliphatic rings. The lowest BCUT2D eigenvalue weighted by atomic mass is 9.49. The molecule has 0 unspecified atom stereocenters. The van der Waals surface area contributed by atoms with Crippen LogP contribution in [0.3, 0.4) is 0 Å². The molecule has 0 aliphatic heterocycles. The zero-order valence-corrected chi connectivity index (χ0v) is 14.6. The van der Waals surface area contributed by atoms with E-state index in [1.165, 1.54) is 38.5 Å². The third kappa shape index (κ3) is 3.58. The maximum Gasteiger partial charge on any atom is 0.326 e. The van der Waals surface area contributed by atoms with E-state index in [0.717, 1.165) is 23.3 Å². The zero-order valence-electron chi connectivity index (χ0n) is 14.6. The van der Waals surface area contributed by atoms with Crippen LogP contribution in [0.1, 0.15) is 50.5 Å². The van der Waals surface area contributed by atoms with E-state index >= 15 is 0 Å². The maximum absolute atomic E-state index is 12.7. The minimum atomic E-state index is -0.956. The van der Waals surface area contributed by atoms with Crippen molar-refractivity contribution in [3.05, 3.63) is 35.9 Å². The summed E-state index contributed by atoms with van der Waals surface area (Å²) in [6.45, 7) is 0. The first-order valence-electron chi connectivity index (χ1n) is 9.57. The summed E-state index contributed by atoms with van der Waals surface area (Å²) in [5.41, 5.74) is 1.08. The van der Waals surface area contributed by atoms with Crippen LogP contribution in [0, 0.1) is 23.2 Å². The fourth-order valence-electron chi connectivity index (χ4n) is 6.14. The molecule has 0 spiro atoms. The van der Waals surface area contributed by atoms with Crippen molar-refractivity contribution in [3.8, 4) is 0 Å². The highest BCUT2D eigenvalue weighted by Gasteiger charge is 2.51. The molecule has 2 N–H and O–H groups in total. The van der Waals surface area contributed by atoms with Crippen LogP contribution in [0.15, 0.2) is 30.3 Å². The van der Waals surface area contributed by atoms with Gasteiger partial charge < -0.3 is 10.4 Å². The molecule has 4 fully saturated rings. The highest BCUT2D eigenvalue weighted by Crippen LogP contribution is 2.61. The Bertz CT molecular complexity index is 619. The Morgan fingerprint density at radius 2 is 1.60 bits per heavy atom. The van der Waals surface area contributed by atoms with Crippen LogP contribution in [-0.4, -0.2) is 23.0 Å². The van der Waals surface area contributed by atoms with Gasteiger partial charge in [0.05, 0.1) is 0 Å². The van der Waals surface area contributed by atoms with Crippen molar-refractivity contribution in [2.24, 2.45) is 23.2 Å². The van der Waals surface area contributed by atoms with Gasteiger partial charge in [0.2, 0.25) is 5.91 Å². The van der Waals surface area contributed by atoms with E-state index in [-0.39, 0.29) is 11.3 Å². The molecule has 25 heavy (non-hydrogen) atoms. The lowest BCUT2D eigenvalue weighted by Gasteiger charge is -2.56. The monoisotopic (exact) mass is 341 g/mol. The first-order chi connectivity index (χ1) is 12.0. The van der Waals surface area contributed by atoms with Crippen LogP contribution in [0.2, 0.25) is 0 Å². The number of hydrogen-bond acceptors (Lipinski definition) is 2. The lowest BCUT2D eigenvalue weighted by molar-refractivity contribution is -0.143. The van der Waals surface area contributed by atoms with Crippen molar-refractivity contribution in [3.63, 3.8) is 0 Å². The van der Waals surface area contributed by atoms with Gasteiger partial charge in [-0.3, -0.25) is 4.79 Å². The van der Waals surface area contributed by atoms with Gasteiger partial charge in [0, 0.05) is 12.8 Å². The molecule has 0 heterocycles. The number of carbonyl (C=O) groups excluding carboxylic acids is 1. The summed E-state index contributed by atoms with van der Waals surface area (Å²) >= 11 is 0. The quantitative estimate of drug-likeness (QED) is 0.833. The van der Waals surface area contributed by atoms with E-state index in [1.54, 1.807) is 0 Å². The number of rotatable bonds is 6. The Balaban J connectivity index is 1.39. The molecule has 1 amide bonds. The van der Waals surface area contributed by atoms with Crippen LogP contribution in [0.25, 0.3) is 0 Å². The molecule has 134 valence electrons. The molecule has 4 saturated carbocycles. The second kappa shape index (κ2) is 6.47. The number of carboxylic acids is 1. The van der Waals surface area contributed by atoms with Crippen molar-refractivity contribution in [2.45, 2.75) is 57.4 Å². The number of aliphatic carboxylic acids is 1. The Hall–Kier alpha value is -1.84. The molecule has 4 heteroatoms. The first-order valence-corrected chi connectivity index (χ1v) is 9.57. The summed E-state index contributed by atoms with van der Waals surface area (Å²) in [6, 6.07) is 8.66. The second-order valence-corrected chi connectivity index (χ2v) is 8.74.